The number of hydrogen-bond donors (Lipinski definition) is 3. The number of halogens is 3. The van der Waals surface area contributed by atoms with Gasteiger partial charge in [0, 0.05) is 36.9 Å². The second kappa shape index (κ2) is 20.9. The molecule has 0 spiro atoms. The fourth-order valence-electron chi connectivity index (χ4n) is 4.59. The van der Waals surface area contributed by atoms with Crippen molar-refractivity contribution < 1.29 is 56.5 Å². The Bertz CT molecular complexity index is 2030. The van der Waals surface area contributed by atoms with Crippen molar-refractivity contribution >= 4 is 35.8 Å². The molecule has 4 aromatic rings. The SMILES string of the molecule is COC(=O)C(=Cc1ccc(C#N)cc1OC[C@@H](CCC(=O)OCc1ccccc1)NC(=O)c1cccc(-c2ccncc2)c1)NC(C)=O.O=C(O)C(F)(F)F. The number of carboxylic acid groups (broad SMARTS) is 1. The lowest BCUT2D eigenvalue weighted by Gasteiger charge is -2.20. The van der Waals surface area contributed by atoms with Crippen LogP contribution in [-0.2, 0) is 35.3 Å². The molecule has 0 aliphatic heterocycles. The Balaban J connectivity index is 0.00000106. The monoisotopic (exact) mass is 760 g/mol. The normalized spacial score (nSPS) is 11.4. The number of pyridine rings is 1. The summed E-state index contributed by atoms with van der Waals surface area (Å²) in [6.45, 7) is 1.26. The minimum atomic E-state index is -5.08. The molecule has 2 amide bonds. The highest BCUT2D eigenvalue weighted by molar-refractivity contribution is 5.98. The number of nitrogens with zero attached hydrogens (tertiary/aromatic N) is 2. The number of aliphatic carboxylic acids is 1. The summed E-state index contributed by atoms with van der Waals surface area (Å²) >= 11 is 0. The minimum absolute atomic E-state index is 0.0157. The lowest BCUT2D eigenvalue weighted by atomic mass is 10.0. The van der Waals surface area contributed by atoms with Gasteiger partial charge in [-0.2, -0.15) is 18.4 Å². The van der Waals surface area contributed by atoms with Gasteiger partial charge in [0.1, 0.15) is 24.7 Å². The first kappa shape index (κ1) is 42.4. The van der Waals surface area contributed by atoms with Crippen molar-refractivity contribution in [2.75, 3.05) is 13.7 Å². The molecule has 0 aliphatic carbocycles. The highest BCUT2D eigenvalue weighted by Crippen LogP contribution is 2.24. The summed E-state index contributed by atoms with van der Waals surface area (Å²) < 4.78 is 48.1. The molecule has 55 heavy (non-hydrogen) atoms. The molecule has 1 heterocycles. The van der Waals surface area contributed by atoms with Gasteiger partial charge in [0.25, 0.3) is 5.91 Å². The molecule has 1 atom stereocenters. The van der Waals surface area contributed by atoms with Gasteiger partial charge in [-0.05, 0) is 71.7 Å². The molecule has 16 heteroatoms. The van der Waals surface area contributed by atoms with Crippen molar-refractivity contribution in [1.29, 1.82) is 5.26 Å². The number of aromatic nitrogens is 1. The van der Waals surface area contributed by atoms with Crippen molar-refractivity contribution in [2.24, 2.45) is 0 Å². The van der Waals surface area contributed by atoms with Crippen LogP contribution in [0.1, 0.15) is 46.8 Å². The average Bonchev–Trinajstić information content (AvgIpc) is 3.18. The first-order valence-electron chi connectivity index (χ1n) is 16.3. The number of carbonyl (C=O) groups excluding carboxylic acids is 4. The number of hydrogen-bond acceptors (Lipinski definition) is 10. The summed E-state index contributed by atoms with van der Waals surface area (Å²) in [4.78, 5) is 63.2. The number of nitriles is 1. The smallest absolute Gasteiger partial charge is 0.490 e. The third kappa shape index (κ3) is 14.5. The van der Waals surface area contributed by atoms with Gasteiger partial charge in [-0.3, -0.25) is 19.4 Å². The zero-order valence-electron chi connectivity index (χ0n) is 29.5. The quantitative estimate of drug-likeness (QED) is 0.107. The number of amides is 2. The average molecular weight is 761 g/mol. The van der Waals surface area contributed by atoms with Gasteiger partial charge in [0.05, 0.1) is 24.8 Å². The van der Waals surface area contributed by atoms with Gasteiger partial charge >= 0.3 is 24.1 Å². The Morgan fingerprint density at radius 3 is 2.25 bits per heavy atom. The van der Waals surface area contributed by atoms with Crippen LogP contribution in [-0.4, -0.2) is 65.7 Å². The summed E-state index contributed by atoms with van der Waals surface area (Å²) in [5.74, 6) is -4.67. The molecule has 4 rings (SSSR count). The number of nitrogens with one attached hydrogen (secondary N) is 2. The van der Waals surface area contributed by atoms with Gasteiger partial charge in [0.15, 0.2) is 0 Å². The van der Waals surface area contributed by atoms with E-state index in [9.17, 15) is 37.6 Å². The topological polar surface area (TPSA) is 194 Å². The van der Waals surface area contributed by atoms with E-state index in [4.69, 9.17) is 24.1 Å². The molecule has 3 aromatic carbocycles. The Morgan fingerprint density at radius 2 is 1.64 bits per heavy atom. The van der Waals surface area contributed by atoms with Crippen molar-refractivity contribution in [3.63, 3.8) is 0 Å². The van der Waals surface area contributed by atoms with E-state index in [-0.39, 0.29) is 49.0 Å². The number of benzene rings is 3. The number of esters is 2. The van der Waals surface area contributed by atoms with E-state index in [1.54, 1.807) is 36.7 Å². The maximum Gasteiger partial charge on any atom is 0.490 e. The van der Waals surface area contributed by atoms with E-state index in [0.717, 1.165) is 16.7 Å². The molecule has 0 saturated heterocycles. The van der Waals surface area contributed by atoms with Gasteiger partial charge in [0.2, 0.25) is 5.91 Å². The number of alkyl halides is 3. The van der Waals surface area contributed by atoms with Crippen LogP contribution in [0.25, 0.3) is 17.2 Å². The van der Waals surface area contributed by atoms with Crippen molar-refractivity contribution in [3.8, 4) is 22.9 Å². The highest BCUT2D eigenvalue weighted by atomic mass is 19.4. The van der Waals surface area contributed by atoms with Gasteiger partial charge in [-0.25, -0.2) is 9.59 Å². The van der Waals surface area contributed by atoms with Crippen LogP contribution < -0.4 is 15.4 Å². The molecule has 0 unspecified atom stereocenters. The summed E-state index contributed by atoms with van der Waals surface area (Å²) in [7, 11) is 1.18. The maximum atomic E-state index is 13.5. The largest absolute Gasteiger partial charge is 0.491 e. The van der Waals surface area contributed by atoms with E-state index in [1.807, 2.05) is 54.6 Å². The van der Waals surface area contributed by atoms with Crippen LogP contribution in [0.15, 0.2) is 103 Å². The fraction of sp³-hybridized carbons (Fsp3) is 0.205. The first-order chi connectivity index (χ1) is 26.2. The lowest BCUT2D eigenvalue weighted by molar-refractivity contribution is -0.192. The molecular formula is C39H35F3N4O9. The van der Waals surface area contributed by atoms with Crippen LogP contribution in [0.5, 0.6) is 5.75 Å². The van der Waals surface area contributed by atoms with Crippen LogP contribution in [0.3, 0.4) is 0 Å². The van der Waals surface area contributed by atoms with E-state index in [0.29, 0.717) is 11.1 Å². The predicted molar refractivity (Wildman–Crippen MR) is 191 cm³/mol. The zero-order valence-corrected chi connectivity index (χ0v) is 29.5. The molecule has 0 radical (unpaired) electrons. The summed E-state index contributed by atoms with van der Waals surface area (Å²) in [6, 6.07) is 26.0. The first-order valence-corrected chi connectivity index (χ1v) is 16.3. The number of carbonyl (C=O) groups is 5. The zero-order chi connectivity index (χ0) is 40.4. The summed E-state index contributed by atoms with van der Waals surface area (Å²) in [6.07, 6.45) is -0.227. The maximum absolute atomic E-state index is 13.5. The van der Waals surface area contributed by atoms with Crippen LogP contribution in [0.4, 0.5) is 13.2 Å². The second-order valence-corrected chi connectivity index (χ2v) is 11.4. The Hall–Kier alpha value is -7.02. The fourth-order valence-corrected chi connectivity index (χ4v) is 4.59. The van der Waals surface area contributed by atoms with Crippen LogP contribution >= 0.6 is 0 Å². The highest BCUT2D eigenvalue weighted by Gasteiger charge is 2.38. The third-order valence-electron chi connectivity index (χ3n) is 7.25. The number of methoxy groups -OCH3 is 1. The molecule has 0 aliphatic rings. The molecule has 3 N–H and O–H groups in total. The predicted octanol–water partition coefficient (Wildman–Crippen LogP) is 5.60. The second-order valence-electron chi connectivity index (χ2n) is 11.4. The van der Waals surface area contributed by atoms with Crippen molar-refractivity contribution in [2.45, 2.75) is 38.6 Å². The van der Waals surface area contributed by atoms with E-state index < -0.39 is 36.0 Å². The van der Waals surface area contributed by atoms with Crippen LogP contribution in [0, 0.1) is 11.3 Å². The molecule has 0 bridgehead atoms. The summed E-state index contributed by atoms with van der Waals surface area (Å²) in [5.41, 5.74) is 3.46. The number of carboxylic acids is 1. The van der Waals surface area contributed by atoms with Crippen molar-refractivity contribution in [1.82, 2.24) is 15.6 Å². The minimum Gasteiger partial charge on any atom is -0.491 e. The molecule has 13 nitrogen and oxygen atoms in total. The number of ether oxygens (including phenoxy) is 3. The van der Waals surface area contributed by atoms with E-state index in [1.165, 1.54) is 32.2 Å². The molecule has 0 saturated carbocycles. The van der Waals surface area contributed by atoms with Gasteiger partial charge in [-0.1, -0.05) is 42.5 Å². The molecule has 0 fully saturated rings. The van der Waals surface area contributed by atoms with Crippen molar-refractivity contribution in [3.05, 3.63) is 125 Å². The Morgan fingerprint density at radius 1 is 0.945 bits per heavy atom. The Labute approximate surface area is 313 Å². The van der Waals surface area contributed by atoms with Gasteiger partial charge < -0.3 is 30.0 Å². The van der Waals surface area contributed by atoms with Gasteiger partial charge in [-0.15, -0.1) is 0 Å². The Kier molecular flexibility index (Phi) is 16.1. The summed E-state index contributed by atoms with van der Waals surface area (Å²) in [5, 5.41) is 22.0. The van der Waals surface area contributed by atoms with E-state index >= 15 is 0 Å². The standard InChI is InChI=1S/C37H34N4O7.C2HF3O2/c1-25(42)40-33(37(45)46-2)21-30-12-11-27(22-38)19-34(30)47-24-32(13-14-35(43)48-23-26-7-4-3-5-8-26)41-36(44)31-10-6-9-29(20-31)28-15-17-39-18-16-28;3-2(4,5)1(6)7/h3-12,15-21,32H,13-14,23-24H2,1-2H3,(H,40,42)(H,41,44);(H,6,7)/t32-;/m1./s1. The molecule has 286 valence electrons. The number of rotatable bonds is 14. The lowest BCUT2D eigenvalue weighted by Crippen LogP contribution is -2.39. The van der Waals surface area contributed by atoms with E-state index in [2.05, 4.69) is 15.6 Å². The molecular weight excluding hydrogens is 725 g/mol. The molecule has 1 aromatic heterocycles. The van der Waals surface area contributed by atoms with Crippen LogP contribution in [0.2, 0.25) is 0 Å². The third-order valence-corrected chi connectivity index (χ3v) is 7.25.